The first-order chi connectivity index (χ1) is 4.36. The molecule has 1 saturated heterocycles. The summed E-state index contributed by atoms with van der Waals surface area (Å²) >= 11 is 6.50. The average Bonchev–Trinajstić information content (AvgIpc) is 1.95. The van der Waals surface area contributed by atoms with E-state index in [-0.39, 0.29) is 10.1 Å². The van der Waals surface area contributed by atoms with Crippen molar-refractivity contribution in [3.63, 3.8) is 0 Å². The molecule has 0 aliphatic carbocycles. The number of hydrogen-bond donors (Lipinski definition) is 0. The predicted octanol–water partition coefficient (Wildman–Crippen LogP) is 1.68. The lowest BCUT2D eigenvalue weighted by Gasteiger charge is -2.16. The van der Waals surface area contributed by atoms with E-state index in [1.54, 1.807) is 0 Å². The van der Waals surface area contributed by atoms with Crippen LogP contribution < -0.4 is 0 Å². The second-order valence-electron chi connectivity index (χ2n) is 2.71. The molecule has 0 aromatic rings. The molecule has 0 unspecified atom stereocenters. The lowest BCUT2D eigenvalue weighted by molar-refractivity contribution is 0.599. The number of halogens is 2. The zero-order chi connectivity index (χ0) is 7.99. The molecule has 1 heterocycles. The van der Waals surface area contributed by atoms with Crippen molar-refractivity contribution in [2.75, 3.05) is 5.75 Å². The van der Waals surface area contributed by atoms with Gasteiger partial charge < -0.3 is 0 Å². The van der Waals surface area contributed by atoms with Gasteiger partial charge in [0.2, 0.25) is 0 Å². The third-order valence-corrected chi connectivity index (χ3v) is 8.08. The molecule has 0 radical (unpaired) electrons. The molecule has 1 rings (SSSR count). The Bertz CT molecular complexity index is 232. The van der Waals surface area contributed by atoms with Gasteiger partial charge in [-0.15, -0.1) is 0 Å². The molecule has 5 heteroatoms. The Morgan fingerprint density at radius 3 is 2.20 bits per heavy atom. The maximum absolute atomic E-state index is 11.1. The largest absolute Gasteiger partial charge is 0.228 e. The monoisotopic (exact) mass is 290 g/mol. The van der Waals surface area contributed by atoms with Crippen LogP contribution in [0.4, 0.5) is 0 Å². The smallest absolute Gasteiger partial charge is 0.164 e. The summed E-state index contributed by atoms with van der Waals surface area (Å²) in [5, 5.41) is 0. The molecule has 0 spiro atoms. The summed E-state index contributed by atoms with van der Waals surface area (Å²) in [6, 6.07) is 0. The van der Waals surface area contributed by atoms with Crippen LogP contribution in [0.3, 0.4) is 0 Å². The van der Waals surface area contributed by atoms with E-state index in [9.17, 15) is 8.42 Å². The van der Waals surface area contributed by atoms with Crippen molar-refractivity contribution in [1.82, 2.24) is 0 Å². The molecule has 2 atom stereocenters. The third kappa shape index (κ3) is 1.41. The average molecular weight is 292 g/mol. The number of sulfone groups is 1. The highest BCUT2D eigenvalue weighted by Crippen LogP contribution is 2.41. The first-order valence-corrected chi connectivity index (χ1v) is 6.33. The van der Waals surface area contributed by atoms with Gasteiger partial charge in [-0.1, -0.05) is 31.9 Å². The number of rotatable bonds is 0. The molecular weight excluding hydrogens is 284 g/mol. The molecule has 1 aliphatic heterocycles. The maximum Gasteiger partial charge on any atom is 0.164 e. The van der Waals surface area contributed by atoms with Crippen molar-refractivity contribution >= 4 is 41.7 Å². The van der Waals surface area contributed by atoms with E-state index in [0.717, 1.165) is 0 Å². The molecule has 0 amide bonds. The van der Waals surface area contributed by atoms with E-state index in [2.05, 4.69) is 31.9 Å². The van der Waals surface area contributed by atoms with Gasteiger partial charge in [0.25, 0.3) is 0 Å². The highest BCUT2D eigenvalue weighted by molar-refractivity contribution is 9.13. The van der Waals surface area contributed by atoms with Crippen LogP contribution in [0, 0.1) is 0 Å². The van der Waals surface area contributed by atoms with Crippen LogP contribution in [-0.4, -0.2) is 22.7 Å². The second kappa shape index (κ2) is 2.45. The fourth-order valence-electron chi connectivity index (χ4n) is 0.933. The second-order valence-corrected chi connectivity index (χ2v) is 8.25. The zero-order valence-electron chi connectivity index (χ0n) is 5.47. The number of hydrogen-bond acceptors (Lipinski definition) is 2. The summed E-state index contributed by atoms with van der Waals surface area (Å²) in [5.41, 5.74) is 0. The van der Waals surface area contributed by atoms with Crippen LogP contribution in [0.1, 0.15) is 13.3 Å². The Labute approximate surface area is 77.6 Å². The van der Waals surface area contributed by atoms with E-state index < -0.39 is 14.0 Å². The van der Waals surface area contributed by atoms with Gasteiger partial charge >= 0.3 is 0 Å². The molecule has 0 aromatic heterocycles. The molecule has 2 nitrogen and oxygen atoms in total. The summed E-state index contributed by atoms with van der Waals surface area (Å²) in [5.74, 6) is 0.282. The van der Waals surface area contributed by atoms with Crippen LogP contribution in [0.25, 0.3) is 0 Å². The topological polar surface area (TPSA) is 34.1 Å². The summed E-state index contributed by atoms with van der Waals surface area (Å²) in [4.78, 5) is 0. The van der Waals surface area contributed by atoms with Crippen molar-refractivity contribution in [2.45, 2.75) is 21.8 Å². The summed E-state index contributed by atoms with van der Waals surface area (Å²) in [7, 11) is -2.86. The van der Waals surface area contributed by atoms with Gasteiger partial charge in [-0.25, -0.2) is 8.42 Å². The van der Waals surface area contributed by atoms with Gasteiger partial charge in [-0.3, -0.25) is 0 Å². The minimum absolute atomic E-state index is 0.272. The van der Waals surface area contributed by atoms with Crippen LogP contribution in [-0.2, 0) is 9.84 Å². The van der Waals surface area contributed by atoms with Crippen molar-refractivity contribution in [2.24, 2.45) is 0 Å². The van der Waals surface area contributed by atoms with Gasteiger partial charge in [0, 0.05) is 0 Å². The Balaban J connectivity index is 2.99. The SMILES string of the molecule is C[C@@]1(Br)CCS(=O)(=O)[C@H]1Br. The van der Waals surface area contributed by atoms with Crippen LogP contribution in [0.5, 0.6) is 0 Å². The van der Waals surface area contributed by atoms with Gasteiger partial charge in [0.15, 0.2) is 9.84 Å². The Morgan fingerprint density at radius 1 is 1.60 bits per heavy atom. The molecule has 1 fully saturated rings. The summed E-state index contributed by atoms with van der Waals surface area (Å²) < 4.78 is 21.5. The molecule has 0 saturated carbocycles. The zero-order valence-corrected chi connectivity index (χ0v) is 9.46. The van der Waals surface area contributed by atoms with Crippen molar-refractivity contribution in [3.05, 3.63) is 0 Å². The molecule has 60 valence electrons. The molecular formula is C5H8Br2O2S. The standard InChI is InChI=1S/C5H8Br2O2S/c1-5(7)2-3-10(8,9)4(5)6/h4H,2-3H2,1H3/t4-,5-/m1/s1. The van der Waals surface area contributed by atoms with Crippen LogP contribution in [0.15, 0.2) is 0 Å². The lowest BCUT2D eigenvalue weighted by Crippen LogP contribution is -2.25. The Kier molecular flexibility index (Phi) is 2.21. The Morgan fingerprint density at radius 2 is 2.10 bits per heavy atom. The van der Waals surface area contributed by atoms with Crippen molar-refractivity contribution in [1.29, 1.82) is 0 Å². The van der Waals surface area contributed by atoms with E-state index in [1.807, 2.05) is 6.92 Å². The summed E-state index contributed by atoms with van der Waals surface area (Å²) in [6.07, 6.45) is 0.686. The van der Waals surface area contributed by atoms with E-state index >= 15 is 0 Å². The highest BCUT2D eigenvalue weighted by atomic mass is 79.9. The van der Waals surface area contributed by atoms with E-state index in [0.29, 0.717) is 6.42 Å². The molecule has 10 heavy (non-hydrogen) atoms. The summed E-state index contributed by atoms with van der Waals surface area (Å²) in [6.45, 7) is 1.89. The number of alkyl halides is 2. The molecule has 1 aliphatic rings. The van der Waals surface area contributed by atoms with E-state index in [1.165, 1.54) is 0 Å². The molecule has 0 N–H and O–H groups in total. The van der Waals surface area contributed by atoms with Gasteiger partial charge in [-0.05, 0) is 13.3 Å². The minimum Gasteiger partial charge on any atom is -0.228 e. The van der Waals surface area contributed by atoms with Gasteiger partial charge in [-0.2, -0.15) is 0 Å². The first-order valence-electron chi connectivity index (χ1n) is 2.91. The van der Waals surface area contributed by atoms with Crippen LogP contribution in [0.2, 0.25) is 0 Å². The van der Waals surface area contributed by atoms with Crippen LogP contribution >= 0.6 is 31.9 Å². The lowest BCUT2D eigenvalue weighted by atomic mass is 10.2. The van der Waals surface area contributed by atoms with Gasteiger partial charge in [0.1, 0.15) is 4.16 Å². The minimum atomic E-state index is -2.86. The fraction of sp³-hybridized carbons (Fsp3) is 1.00. The predicted molar refractivity (Wildman–Crippen MR) is 48.5 cm³/mol. The van der Waals surface area contributed by atoms with Crippen molar-refractivity contribution in [3.8, 4) is 0 Å². The maximum atomic E-state index is 11.1. The Hall–Kier alpha value is 0.910. The molecule has 0 aromatic carbocycles. The third-order valence-electron chi connectivity index (χ3n) is 1.66. The first kappa shape index (κ1) is 9.00. The molecule has 0 bridgehead atoms. The highest BCUT2D eigenvalue weighted by Gasteiger charge is 2.45. The normalized spacial score (nSPS) is 45.7. The van der Waals surface area contributed by atoms with Crippen molar-refractivity contribution < 1.29 is 8.42 Å². The van der Waals surface area contributed by atoms with Gasteiger partial charge in [0.05, 0.1) is 10.1 Å². The quantitative estimate of drug-likeness (QED) is 0.637. The fourth-order valence-corrected chi connectivity index (χ4v) is 4.82. The van der Waals surface area contributed by atoms with E-state index in [4.69, 9.17) is 0 Å².